The van der Waals surface area contributed by atoms with Gasteiger partial charge < -0.3 is 10.2 Å². The van der Waals surface area contributed by atoms with Crippen LogP contribution in [0.2, 0.25) is 0 Å². The SMILES string of the molecule is CCN(CC)CCNc1ccc2c(n1)CCC2. The Kier molecular flexibility index (Phi) is 4.37. The lowest BCUT2D eigenvalue weighted by Gasteiger charge is -2.18. The van der Waals surface area contributed by atoms with Crippen LogP contribution >= 0.6 is 0 Å². The van der Waals surface area contributed by atoms with Crippen molar-refractivity contribution in [2.45, 2.75) is 33.1 Å². The van der Waals surface area contributed by atoms with Gasteiger partial charge in [-0.25, -0.2) is 4.98 Å². The van der Waals surface area contributed by atoms with E-state index in [-0.39, 0.29) is 0 Å². The molecule has 2 rings (SSSR count). The van der Waals surface area contributed by atoms with Crippen LogP contribution in [0, 0.1) is 0 Å². The van der Waals surface area contributed by atoms with E-state index >= 15 is 0 Å². The highest BCUT2D eigenvalue weighted by molar-refractivity contribution is 5.40. The first kappa shape index (κ1) is 12.4. The smallest absolute Gasteiger partial charge is 0.126 e. The number of aryl methyl sites for hydroxylation is 2. The van der Waals surface area contributed by atoms with Crippen LogP contribution in [0.4, 0.5) is 5.82 Å². The average Bonchev–Trinajstić information content (AvgIpc) is 2.82. The molecule has 17 heavy (non-hydrogen) atoms. The first-order valence-corrected chi connectivity index (χ1v) is 6.78. The molecule has 0 bridgehead atoms. The molecular weight excluding hydrogens is 210 g/mol. The third-order valence-corrected chi connectivity index (χ3v) is 3.56. The molecule has 1 heterocycles. The van der Waals surface area contributed by atoms with Gasteiger partial charge in [0.15, 0.2) is 0 Å². The van der Waals surface area contributed by atoms with Crippen molar-refractivity contribution < 1.29 is 0 Å². The molecule has 0 atom stereocenters. The molecule has 3 nitrogen and oxygen atoms in total. The first-order valence-electron chi connectivity index (χ1n) is 6.78. The van der Waals surface area contributed by atoms with E-state index < -0.39 is 0 Å². The Bertz CT molecular complexity index is 358. The van der Waals surface area contributed by atoms with E-state index in [4.69, 9.17) is 0 Å². The zero-order valence-corrected chi connectivity index (χ0v) is 11.0. The molecular formula is C14H23N3. The third kappa shape index (κ3) is 3.19. The minimum Gasteiger partial charge on any atom is -0.369 e. The Morgan fingerprint density at radius 3 is 2.82 bits per heavy atom. The molecule has 1 N–H and O–H groups in total. The number of aromatic nitrogens is 1. The highest BCUT2D eigenvalue weighted by Crippen LogP contribution is 2.21. The maximum Gasteiger partial charge on any atom is 0.126 e. The van der Waals surface area contributed by atoms with E-state index in [1.807, 2.05) is 0 Å². The second kappa shape index (κ2) is 6.01. The van der Waals surface area contributed by atoms with E-state index in [2.05, 4.69) is 41.2 Å². The summed E-state index contributed by atoms with van der Waals surface area (Å²) in [5.41, 5.74) is 2.75. The van der Waals surface area contributed by atoms with Gasteiger partial charge in [-0.2, -0.15) is 0 Å². The summed E-state index contributed by atoms with van der Waals surface area (Å²) in [5.74, 6) is 1.04. The third-order valence-electron chi connectivity index (χ3n) is 3.56. The Labute approximate surface area is 104 Å². The second-order valence-electron chi connectivity index (χ2n) is 4.61. The van der Waals surface area contributed by atoms with E-state index in [0.717, 1.165) is 38.4 Å². The number of nitrogens with zero attached hydrogens (tertiary/aromatic N) is 2. The highest BCUT2D eigenvalue weighted by atomic mass is 15.1. The minimum absolute atomic E-state index is 0.980. The fourth-order valence-corrected chi connectivity index (χ4v) is 2.40. The van der Waals surface area contributed by atoms with Gasteiger partial charge in [-0.05, 0) is 44.0 Å². The largest absolute Gasteiger partial charge is 0.369 e. The first-order chi connectivity index (χ1) is 8.33. The van der Waals surface area contributed by atoms with Crippen LogP contribution in [0.3, 0.4) is 0 Å². The van der Waals surface area contributed by atoms with Gasteiger partial charge in [-0.15, -0.1) is 0 Å². The van der Waals surface area contributed by atoms with Crippen molar-refractivity contribution in [3.63, 3.8) is 0 Å². The molecule has 0 spiro atoms. The van der Waals surface area contributed by atoms with E-state index in [0.29, 0.717) is 0 Å². The van der Waals surface area contributed by atoms with Crippen molar-refractivity contribution in [1.82, 2.24) is 9.88 Å². The van der Waals surface area contributed by atoms with Crippen LogP contribution < -0.4 is 5.32 Å². The minimum atomic E-state index is 0.980. The summed E-state index contributed by atoms with van der Waals surface area (Å²) in [6, 6.07) is 4.35. The van der Waals surface area contributed by atoms with Crippen LogP contribution in [0.5, 0.6) is 0 Å². The fraction of sp³-hybridized carbons (Fsp3) is 0.643. The van der Waals surface area contributed by atoms with E-state index in [1.165, 1.54) is 24.1 Å². The van der Waals surface area contributed by atoms with E-state index in [9.17, 15) is 0 Å². The molecule has 0 aliphatic heterocycles. The molecule has 0 amide bonds. The van der Waals surface area contributed by atoms with Crippen molar-refractivity contribution in [2.75, 3.05) is 31.5 Å². The lowest BCUT2D eigenvalue weighted by Crippen LogP contribution is -2.28. The summed E-state index contributed by atoms with van der Waals surface area (Å²) in [6.45, 7) is 8.72. The van der Waals surface area contributed by atoms with Crippen molar-refractivity contribution in [2.24, 2.45) is 0 Å². The molecule has 3 heteroatoms. The maximum absolute atomic E-state index is 4.67. The van der Waals surface area contributed by atoms with Gasteiger partial charge in [0.1, 0.15) is 5.82 Å². The van der Waals surface area contributed by atoms with Crippen molar-refractivity contribution in [3.05, 3.63) is 23.4 Å². The monoisotopic (exact) mass is 233 g/mol. The predicted octanol–water partition coefficient (Wildman–Crippen LogP) is 2.32. The predicted molar refractivity (Wildman–Crippen MR) is 72.5 cm³/mol. The quantitative estimate of drug-likeness (QED) is 0.817. The summed E-state index contributed by atoms with van der Waals surface area (Å²) in [5, 5.41) is 3.42. The molecule has 0 saturated carbocycles. The number of fused-ring (bicyclic) bond motifs is 1. The average molecular weight is 233 g/mol. The second-order valence-corrected chi connectivity index (χ2v) is 4.61. The van der Waals surface area contributed by atoms with Crippen molar-refractivity contribution in [3.8, 4) is 0 Å². The Balaban J connectivity index is 1.83. The summed E-state index contributed by atoms with van der Waals surface area (Å²) in [7, 11) is 0. The molecule has 1 aliphatic carbocycles. The number of likely N-dealkylation sites (N-methyl/N-ethyl adjacent to an activating group) is 1. The molecule has 94 valence electrons. The number of pyridine rings is 1. The summed E-state index contributed by atoms with van der Waals surface area (Å²) in [4.78, 5) is 7.09. The van der Waals surface area contributed by atoms with Crippen LogP contribution in [0.1, 0.15) is 31.5 Å². The number of nitrogens with one attached hydrogen (secondary N) is 1. The van der Waals surface area contributed by atoms with E-state index in [1.54, 1.807) is 0 Å². The molecule has 0 unspecified atom stereocenters. The van der Waals surface area contributed by atoms with Gasteiger partial charge in [0.2, 0.25) is 0 Å². The Morgan fingerprint density at radius 2 is 2.06 bits per heavy atom. The molecule has 1 aromatic rings. The highest BCUT2D eigenvalue weighted by Gasteiger charge is 2.12. The summed E-state index contributed by atoms with van der Waals surface area (Å²) >= 11 is 0. The Hall–Kier alpha value is -1.09. The molecule has 0 fully saturated rings. The van der Waals surface area contributed by atoms with Crippen LogP contribution in [-0.4, -0.2) is 36.1 Å². The van der Waals surface area contributed by atoms with Crippen molar-refractivity contribution >= 4 is 5.82 Å². The van der Waals surface area contributed by atoms with Gasteiger partial charge >= 0.3 is 0 Å². The zero-order valence-electron chi connectivity index (χ0n) is 11.0. The number of anilines is 1. The molecule has 1 aromatic heterocycles. The van der Waals surface area contributed by atoms with Gasteiger partial charge in [0, 0.05) is 18.8 Å². The van der Waals surface area contributed by atoms with Gasteiger partial charge in [0.05, 0.1) is 0 Å². The van der Waals surface area contributed by atoms with Gasteiger partial charge in [-0.1, -0.05) is 19.9 Å². The normalized spacial score (nSPS) is 14.1. The van der Waals surface area contributed by atoms with Crippen molar-refractivity contribution in [1.29, 1.82) is 0 Å². The number of hydrogen-bond acceptors (Lipinski definition) is 3. The van der Waals surface area contributed by atoms with Crippen LogP contribution in [-0.2, 0) is 12.8 Å². The van der Waals surface area contributed by atoms with Gasteiger partial charge in [0.25, 0.3) is 0 Å². The number of hydrogen-bond donors (Lipinski definition) is 1. The standard InChI is InChI=1S/C14H23N3/c1-3-17(4-2)11-10-15-14-9-8-12-6-5-7-13(12)16-14/h8-9H,3-7,10-11H2,1-2H3,(H,15,16). The molecule has 1 aliphatic rings. The molecule has 0 aromatic carbocycles. The number of rotatable bonds is 6. The van der Waals surface area contributed by atoms with Crippen LogP contribution in [0.15, 0.2) is 12.1 Å². The topological polar surface area (TPSA) is 28.2 Å². The maximum atomic E-state index is 4.67. The molecule has 0 radical (unpaired) electrons. The summed E-state index contributed by atoms with van der Waals surface area (Å²) < 4.78 is 0. The lowest BCUT2D eigenvalue weighted by atomic mass is 10.2. The van der Waals surface area contributed by atoms with Gasteiger partial charge in [-0.3, -0.25) is 0 Å². The van der Waals surface area contributed by atoms with Crippen LogP contribution in [0.25, 0.3) is 0 Å². The Morgan fingerprint density at radius 1 is 1.24 bits per heavy atom. The fourth-order valence-electron chi connectivity index (χ4n) is 2.40. The summed E-state index contributed by atoms with van der Waals surface area (Å²) in [6.07, 6.45) is 3.63. The molecule has 0 saturated heterocycles. The zero-order chi connectivity index (χ0) is 12.1. The lowest BCUT2D eigenvalue weighted by molar-refractivity contribution is 0.316.